The zero-order valence-corrected chi connectivity index (χ0v) is 20.6. The van der Waals surface area contributed by atoms with E-state index in [1.54, 1.807) is 12.1 Å². The highest BCUT2D eigenvalue weighted by Gasteiger charge is 2.40. The van der Waals surface area contributed by atoms with Crippen molar-refractivity contribution in [3.8, 4) is 22.6 Å². The Kier molecular flexibility index (Phi) is 7.61. The molecule has 2 aromatic rings. The number of methoxy groups -OCH3 is 2. The first-order valence-electron chi connectivity index (χ1n) is 11.9. The molecular weight excluding hydrogens is 489 g/mol. The monoisotopic (exact) mass is 518 g/mol. The van der Waals surface area contributed by atoms with Crippen LogP contribution in [0.15, 0.2) is 30.3 Å². The van der Waals surface area contributed by atoms with E-state index in [0.717, 1.165) is 68.8 Å². The first-order valence-corrected chi connectivity index (χ1v) is 13.4. The van der Waals surface area contributed by atoms with Crippen LogP contribution in [-0.4, -0.2) is 25.5 Å². The summed E-state index contributed by atoms with van der Waals surface area (Å²) in [5.74, 6) is 0.772. The SMILES string of the molecule is COc1ccc(OC)c(P(C2CCCC2)C2CCCC2)c1-c1cc(C(F)(F)F)cc(C(F)(F)F)c1. The molecule has 0 amide bonds. The predicted octanol–water partition coefficient (Wildman–Crippen LogP) is 8.40. The molecule has 2 saturated carbocycles. The first kappa shape index (κ1) is 26.1. The van der Waals surface area contributed by atoms with Gasteiger partial charge in [-0.05, 0) is 72.9 Å². The van der Waals surface area contributed by atoms with Gasteiger partial charge in [0.1, 0.15) is 11.5 Å². The third-order valence-corrected chi connectivity index (χ3v) is 10.7. The molecule has 0 N–H and O–H groups in total. The molecule has 2 aliphatic rings. The maximum absolute atomic E-state index is 13.7. The van der Waals surface area contributed by atoms with Crippen LogP contribution >= 0.6 is 7.92 Å². The minimum atomic E-state index is -4.93. The van der Waals surface area contributed by atoms with E-state index in [-0.39, 0.29) is 17.4 Å². The zero-order valence-electron chi connectivity index (χ0n) is 19.7. The van der Waals surface area contributed by atoms with Gasteiger partial charge in [-0.3, -0.25) is 0 Å². The van der Waals surface area contributed by atoms with E-state index in [4.69, 9.17) is 9.47 Å². The Morgan fingerprint density at radius 3 is 1.51 bits per heavy atom. The van der Waals surface area contributed by atoms with Gasteiger partial charge in [0.15, 0.2) is 0 Å². The van der Waals surface area contributed by atoms with Crippen molar-refractivity contribution in [2.45, 2.75) is 75.0 Å². The maximum Gasteiger partial charge on any atom is 0.416 e. The zero-order chi connectivity index (χ0) is 25.4. The Balaban J connectivity index is 2.02. The molecule has 2 aromatic carbocycles. The summed E-state index contributed by atoms with van der Waals surface area (Å²) in [6.45, 7) is 0. The highest BCUT2D eigenvalue weighted by Crippen LogP contribution is 2.60. The summed E-state index contributed by atoms with van der Waals surface area (Å²) < 4.78 is 93.5. The van der Waals surface area contributed by atoms with Crippen LogP contribution in [0.2, 0.25) is 0 Å². The number of hydrogen-bond acceptors (Lipinski definition) is 2. The molecule has 0 spiro atoms. The lowest BCUT2D eigenvalue weighted by Gasteiger charge is -2.34. The van der Waals surface area contributed by atoms with E-state index in [9.17, 15) is 26.3 Å². The average Bonchev–Trinajstić information content (AvgIpc) is 3.52. The lowest BCUT2D eigenvalue weighted by atomic mass is 9.98. The Labute approximate surface area is 202 Å². The van der Waals surface area contributed by atoms with Crippen LogP contribution in [0.25, 0.3) is 11.1 Å². The molecule has 4 rings (SSSR count). The molecule has 2 nitrogen and oxygen atoms in total. The minimum absolute atomic E-state index is 0.138. The van der Waals surface area contributed by atoms with Crippen molar-refractivity contribution >= 4 is 13.2 Å². The third-order valence-electron chi connectivity index (χ3n) is 7.11. The van der Waals surface area contributed by atoms with Gasteiger partial charge in [0.25, 0.3) is 0 Å². The van der Waals surface area contributed by atoms with E-state index in [2.05, 4.69) is 0 Å². The van der Waals surface area contributed by atoms with Crippen LogP contribution in [0.3, 0.4) is 0 Å². The second-order valence-electron chi connectivity index (χ2n) is 9.27. The Morgan fingerprint density at radius 1 is 0.686 bits per heavy atom. The number of benzene rings is 2. The Morgan fingerprint density at radius 2 is 1.11 bits per heavy atom. The van der Waals surface area contributed by atoms with Crippen LogP contribution in [0.4, 0.5) is 26.3 Å². The third kappa shape index (κ3) is 5.42. The van der Waals surface area contributed by atoms with Crippen molar-refractivity contribution < 1.29 is 35.8 Å². The van der Waals surface area contributed by atoms with Crippen molar-refractivity contribution in [1.82, 2.24) is 0 Å². The molecule has 192 valence electrons. The number of rotatable bonds is 6. The van der Waals surface area contributed by atoms with E-state index in [1.165, 1.54) is 14.2 Å². The van der Waals surface area contributed by atoms with Gasteiger partial charge in [-0.1, -0.05) is 33.6 Å². The number of alkyl halides is 6. The van der Waals surface area contributed by atoms with Crippen molar-refractivity contribution in [2.24, 2.45) is 0 Å². The quantitative estimate of drug-likeness (QED) is 0.282. The van der Waals surface area contributed by atoms with E-state index in [0.29, 0.717) is 22.6 Å². The van der Waals surface area contributed by atoms with Crippen LogP contribution in [-0.2, 0) is 12.4 Å². The molecule has 0 atom stereocenters. The van der Waals surface area contributed by atoms with Crippen molar-refractivity contribution in [2.75, 3.05) is 14.2 Å². The number of halogens is 6. The van der Waals surface area contributed by atoms with Crippen LogP contribution in [0, 0.1) is 0 Å². The van der Waals surface area contributed by atoms with Gasteiger partial charge < -0.3 is 9.47 Å². The molecule has 0 aliphatic heterocycles. The summed E-state index contributed by atoms with van der Waals surface area (Å²) in [6.07, 6.45) is -1.47. The van der Waals surface area contributed by atoms with Gasteiger partial charge in [0, 0.05) is 10.9 Å². The fraction of sp³-hybridized carbons (Fsp3) is 0.538. The normalized spacial score (nSPS) is 18.0. The van der Waals surface area contributed by atoms with Gasteiger partial charge in [-0.25, -0.2) is 0 Å². The Hall–Kier alpha value is -1.95. The van der Waals surface area contributed by atoms with Crippen LogP contribution < -0.4 is 14.8 Å². The molecule has 35 heavy (non-hydrogen) atoms. The van der Waals surface area contributed by atoms with E-state index < -0.39 is 31.4 Å². The van der Waals surface area contributed by atoms with Gasteiger partial charge in [-0.2, -0.15) is 26.3 Å². The van der Waals surface area contributed by atoms with Crippen LogP contribution in [0.5, 0.6) is 11.5 Å². The number of ether oxygens (including phenoxy) is 2. The van der Waals surface area contributed by atoms with Crippen molar-refractivity contribution in [3.63, 3.8) is 0 Å². The maximum atomic E-state index is 13.7. The molecular formula is C26H29F6O2P. The van der Waals surface area contributed by atoms with Crippen molar-refractivity contribution in [3.05, 3.63) is 41.5 Å². The number of hydrogen-bond donors (Lipinski definition) is 0. The second kappa shape index (κ2) is 10.2. The van der Waals surface area contributed by atoms with Crippen LogP contribution in [0.1, 0.15) is 62.5 Å². The molecule has 2 aliphatic carbocycles. The lowest BCUT2D eigenvalue weighted by molar-refractivity contribution is -0.143. The molecule has 9 heteroatoms. The van der Waals surface area contributed by atoms with Gasteiger partial charge in [0.2, 0.25) is 0 Å². The second-order valence-corrected chi connectivity index (χ2v) is 12.0. The average molecular weight is 518 g/mol. The molecule has 0 heterocycles. The lowest BCUT2D eigenvalue weighted by Crippen LogP contribution is -2.23. The minimum Gasteiger partial charge on any atom is -0.496 e. The Bertz CT molecular complexity index is 989. The van der Waals surface area contributed by atoms with Gasteiger partial charge in [-0.15, -0.1) is 0 Å². The molecule has 0 aromatic heterocycles. The molecule has 2 fully saturated rings. The summed E-state index contributed by atoms with van der Waals surface area (Å²) in [5.41, 5.74) is -1.77. The summed E-state index contributed by atoms with van der Waals surface area (Å²) in [6, 6.07) is 5.10. The summed E-state index contributed by atoms with van der Waals surface area (Å²) in [5, 5.41) is 0.744. The van der Waals surface area contributed by atoms with Crippen molar-refractivity contribution in [1.29, 1.82) is 0 Å². The molecule has 0 saturated heterocycles. The fourth-order valence-corrected chi connectivity index (χ4v) is 9.64. The van der Waals surface area contributed by atoms with E-state index >= 15 is 0 Å². The highest BCUT2D eigenvalue weighted by atomic mass is 31.1. The molecule has 0 bridgehead atoms. The molecule has 0 unspecified atom stereocenters. The highest BCUT2D eigenvalue weighted by molar-refractivity contribution is 7.67. The predicted molar refractivity (Wildman–Crippen MR) is 126 cm³/mol. The summed E-state index contributed by atoms with van der Waals surface area (Å²) >= 11 is 0. The summed E-state index contributed by atoms with van der Waals surface area (Å²) in [7, 11) is 1.99. The van der Waals surface area contributed by atoms with Gasteiger partial charge in [0.05, 0.1) is 25.3 Å². The first-order chi connectivity index (χ1) is 16.5. The summed E-state index contributed by atoms with van der Waals surface area (Å²) in [4.78, 5) is 0. The molecule has 0 radical (unpaired) electrons. The standard InChI is InChI=1S/C26H29F6O2P/c1-33-21-11-12-22(34-2)24(35(19-7-3-4-8-19)20-9-5-6-10-20)23(21)16-13-17(25(27,28)29)15-18(14-16)26(30,31)32/h11-15,19-20H,3-10H2,1-2H3. The fourth-order valence-electron chi connectivity index (χ4n) is 5.55. The topological polar surface area (TPSA) is 18.5 Å². The van der Waals surface area contributed by atoms with E-state index in [1.807, 2.05) is 0 Å². The largest absolute Gasteiger partial charge is 0.496 e. The smallest absolute Gasteiger partial charge is 0.416 e. The van der Waals surface area contributed by atoms with Gasteiger partial charge >= 0.3 is 12.4 Å².